The quantitative estimate of drug-likeness (QED) is 0.434. The zero-order valence-electron chi connectivity index (χ0n) is 17.2. The van der Waals surface area contributed by atoms with Crippen molar-refractivity contribution in [1.29, 1.82) is 0 Å². The van der Waals surface area contributed by atoms with Gasteiger partial charge in [0.15, 0.2) is 0 Å². The van der Waals surface area contributed by atoms with E-state index in [1.165, 1.54) is 6.07 Å². The zero-order chi connectivity index (χ0) is 21.3. The largest absolute Gasteiger partial charge is 0.497 e. The second-order valence-corrected chi connectivity index (χ2v) is 6.73. The van der Waals surface area contributed by atoms with Gasteiger partial charge in [0.25, 0.3) is 0 Å². The minimum Gasteiger partial charge on any atom is -0.497 e. The number of carbonyl (C=O) groups excluding carboxylic acids is 1. The van der Waals surface area contributed by atoms with Crippen LogP contribution in [0.3, 0.4) is 0 Å². The van der Waals surface area contributed by atoms with Gasteiger partial charge in [0, 0.05) is 12.0 Å². The Morgan fingerprint density at radius 1 is 0.933 bits per heavy atom. The summed E-state index contributed by atoms with van der Waals surface area (Å²) in [5.74, 6) is 0.868. The van der Waals surface area contributed by atoms with E-state index in [0.717, 1.165) is 22.4 Å². The molecule has 0 heterocycles. The molecule has 0 atom stereocenters. The first-order valence-electron chi connectivity index (χ1n) is 9.90. The first kappa shape index (κ1) is 21.4. The Balaban J connectivity index is 1.67. The third-order valence-corrected chi connectivity index (χ3v) is 4.75. The number of hydrogen-bond acceptors (Lipinski definition) is 4. The molecule has 3 rings (SSSR count). The number of esters is 1. The molecular weight excluding hydrogens is 383 g/mol. The second-order valence-electron chi connectivity index (χ2n) is 6.73. The second kappa shape index (κ2) is 10.4. The Morgan fingerprint density at radius 2 is 1.63 bits per heavy atom. The first-order chi connectivity index (χ1) is 14.6. The van der Waals surface area contributed by atoms with Gasteiger partial charge in [-0.05, 0) is 60.4 Å². The predicted molar refractivity (Wildman–Crippen MR) is 114 cm³/mol. The molecule has 0 aliphatic carbocycles. The standard InChI is InChI=1S/C25H25FO4/c1-3-29-25(27)16-9-18-7-12-21(13-8-18)30-17-23-22(5-4-6-24(23)26)19-10-14-20(28-2)15-11-19/h4-8,10-15H,3,9,16-17H2,1-2H3. The van der Waals surface area contributed by atoms with Crippen LogP contribution in [-0.4, -0.2) is 19.7 Å². The van der Waals surface area contributed by atoms with E-state index in [9.17, 15) is 9.18 Å². The van der Waals surface area contributed by atoms with Crippen LogP contribution in [0.15, 0.2) is 66.7 Å². The molecule has 0 aliphatic heterocycles. The van der Waals surface area contributed by atoms with Crippen LogP contribution in [0.25, 0.3) is 11.1 Å². The van der Waals surface area contributed by atoms with Crippen LogP contribution in [0.4, 0.5) is 4.39 Å². The van der Waals surface area contributed by atoms with Gasteiger partial charge in [-0.3, -0.25) is 4.79 Å². The third kappa shape index (κ3) is 5.60. The number of benzene rings is 3. The molecule has 0 bridgehead atoms. The average Bonchev–Trinajstić information content (AvgIpc) is 2.78. The summed E-state index contributed by atoms with van der Waals surface area (Å²) < 4.78 is 30.5. The van der Waals surface area contributed by atoms with Crippen LogP contribution >= 0.6 is 0 Å². The van der Waals surface area contributed by atoms with E-state index in [1.807, 2.05) is 54.6 Å². The van der Waals surface area contributed by atoms with Crippen molar-refractivity contribution < 1.29 is 23.4 Å². The molecule has 0 radical (unpaired) electrons. The summed E-state index contributed by atoms with van der Waals surface area (Å²) in [7, 11) is 1.61. The van der Waals surface area contributed by atoms with Gasteiger partial charge in [-0.15, -0.1) is 0 Å². The molecule has 0 aromatic heterocycles. The number of carbonyl (C=O) groups is 1. The highest BCUT2D eigenvalue weighted by Crippen LogP contribution is 2.28. The van der Waals surface area contributed by atoms with Crippen LogP contribution in [0.5, 0.6) is 11.5 Å². The van der Waals surface area contributed by atoms with Crippen molar-refractivity contribution in [2.75, 3.05) is 13.7 Å². The molecule has 0 aliphatic rings. The van der Waals surface area contributed by atoms with Gasteiger partial charge in [-0.2, -0.15) is 0 Å². The minimum atomic E-state index is -0.311. The van der Waals surface area contributed by atoms with E-state index < -0.39 is 0 Å². The number of aryl methyl sites for hydroxylation is 1. The van der Waals surface area contributed by atoms with Crippen molar-refractivity contribution in [3.8, 4) is 22.6 Å². The van der Waals surface area contributed by atoms with Gasteiger partial charge in [0.2, 0.25) is 0 Å². The fourth-order valence-corrected chi connectivity index (χ4v) is 3.13. The van der Waals surface area contributed by atoms with Gasteiger partial charge in [-0.1, -0.05) is 36.4 Å². The molecule has 0 spiro atoms. The van der Waals surface area contributed by atoms with Crippen LogP contribution in [0.2, 0.25) is 0 Å². The monoisotopic (exact) mass is 408 g/mol. The molecule has 0 unspecified atom stereocenters. The van der Waals surface area contributed by atoms with Gasteiger partial charge >= 0.3 is 5.97 Å². The molecule has 0 saturated carbocycles. The van der Waals surface area contributed by atoms with E-state index in [-0.39, 0.29) is 18.4 Å². The molecule has 30 heavy (non-hydrogen) atoms. The summed E-state index contributed by atoms with van der Waals surface area (Å²) in [6.45, 7) is 2.29. The molecule has 3 aromatic rings. The van der Waals surface area contributed by atoms with Crippen molar-refractivity contribution in [3.63, 3.8) is 0 Å². The zero-order valence-corrected chi connectivity index (χ0v) is 17.2. The lowest BCUT2D eigenvalue weighted by Gasteiger charge is -2.13. The summed E-state index contributed by atoms with van der Waals surface area (Å²) in [5, 5.41) is 0. The van der Waals surface area contributed by atoms with Gasteiger partial charge in [0.1, 0.15) is 23.9 Å². The highest BCUT2D eigenvalue weighted by Gasteiger charge is 2.12. The summed E-state index contributed by atoms with van der Waals surface area (Å²) in [5.41, 5.74) is 3.18. The summed E-state index contributed by atoms with van der Waals surface area (Å²) in [6, 6.07) is 20.0. The number of rotatable bonds is 9. The molecule has 0 fully saturated rings. The Labute approximate surface area is 176 Å². The lowest BCUT2D eigenvalue weighted by Crippen LogP contribution is -2.05. The number of hydrogen-bond donors (Lipinski definition) is 0. The molecule has 4 nitrogen and oxygen atoms in total. The molecule has 5 heteroatoms. The van der Waals surface area contributed by atoms with E-state index >= 15 is 0 Å². The van der Waals surface area contributed by atoms with Crippen molar-refractivity contribution in [1.82, 2.24) is 0 Å². The first-order valence-corrected chi connectivity index (χ1v) is 9.90. The van der Waals surface area contributed by atoms with E-state index in [2.05, 4.69) is 0 Å². The Morgan fingerprint density at radius 3 is 2.30 bits per heavy atom. The summed E-state index contributed by atoms with van der Waals surface area (Å²) in [6.07, 6.45) is 0.947. The highest BCUT2D eigenvalue weighted by atomic mass is 19.1. The van der Waals surface area contributed by atoms with Crippen molar-refractivity contribution in [2.45, 2.75) is 26.4 Å². The molecule has 0 N–H and O–H groups in total. The normalized spacial score (nSPS) is 10.5. The maximum Gasteiger partial charge on any atom is 0.306 e. The molecular formula is C25H25FO4. The van der Waals surface area contributed by atoms with E-state index in [0.29, 0.717) is 30.8 Å². The Bertz CT molecular complexity index is 965. The lowest BCUT2D eigenvalue weighted by atomic mass is 9.99. The van der Waals surface area contributed by atoms with Crippen molar-refractivity contribution in [2.24, 2.45) is 0 Å². The highest BCUT2D eigenvalue weighted by molar-refractivity contribution is 5.69. The van der Waals surface area contributed by atoms with Crippen molar-refractivity contribution >= 4 is 5.97 Å². The Kier molecular flexibility index (Phi) is 7.44. The molecule has 0 amide bonds. The van der Waals surface area contributed by atoms with Gasteiger partial charge in [-0.25, -0.2) is 4.39 Å². The summed E-state index contributed by atoms with van der Waals surface area (Å²) in [4.78, 5) is 11.5. The number of halogens is 1. The molecule has 156 valence electrons. The van der Waals surface area contributed by atoms with Crippen molar-refractivity contribution in [3.05, 3.63) is 83.7 Å². The maximum atomic E-state index is 14.5. The number of methoxy groups -OCH3 is 1. The SMILES string of the molecule is CCOC(=O)CCc1ccc(OCc2c(F)cccc2-c2ccc(OC)cc2)cc1. The predicted octanol–water partition coefficient (Wildman–Crippen LogP) is 5.58. The number of ether oxygens (including phenoxy) is 3. The van der Waals surface area contributed by atoms with Crippen LogP contribution in [-0.2, 0) is 22.6 Å². The van der Waals surface area contributed by atoms with Gasteiger partial charge in [0.05, 0.1) is 13.7 Å². The van der Waals surface area contributed by atoms with E-state index in [4.69, 9.17) is 14.2 Å². The van der Waals surface area contributed by atoms with E-state index in [1.54, 1.807) is 20.1 Å². The fourth-order valence-electron chi connectivity index (χ4n) is 3.13. The third-order valence-electron chi connectivity index (χ3n) is 4.75. The minimum absolute atomic E-state index is 0.107. The average molecular weight is 408 g/mol. The molecule has 3 aromatic carbocycles. The van der Waals surface area contributed by atoms with Gasteiger partial charge < -0.3 is 14.2 Å². The topological polar surface area (TPSA) is 44.8 Å². The Hall–Kier alpha value is -3.34. The van der Waals surface area contributed by atoms with Crippen LogP contribution in [0, 0.1) is 5.82 Å². The smallest absolute Gasteiger partial charge is 0.306 e. The maximum absolute atomic E-state index is 14.5. The van der Waals surface area contributed by atoms with Crippen LogP contribution in [0.1, 0.15) is 24.5 Å². The summed E-state index contributed by atoms with van der Waals surface area (Å²) >= 11 is 0. The lowest BCUT2D eigenvalue weighted by molar-refractivity contribution is -0.143. The van der Waals surface area contributed by atoms with Crippen LogP contribution < -0.4 is 9.47 Å². The fraction of sp³-hybridized carbons (Fsp3) is 0.240. The molecule has 0 saturated heterocycles.